The molecule has 2 amide bonds. The van der Waals surface area contributed by atoms with Gasteiger partial charge >= 0.3 is 0 Å². The van der Waals surface area contributed by atoms with E-state index in [1.807, 2.05) is 47.4 Å². The van der Waals surface area contributed by atoms with Crippen LogP contribution in [-0.4, -0.2) is 28.5 Å². The van der Waals surface area contributed by atoms with Crippen molar-refractivity contribution >= 4 is 40.6 Å². The molecule has 4 nitrogen and oxygen atoms in total. The lowest BCUT2D eigenvalue weighted by molar-refractivity contribution is -0.134. The molecule has 0 spiro atoms. The Morgan fingerprint density at radius 1 is 1.07 bits per heavy atom. The van der Waals surface area contributed by atoms with Gasteiger partial charge in [-0.15, -0.1) is 23.1 Å². The number of nitrogens with one attached hydrogen (secondary N) is 1. The summed E-state index contributed by atoms with van der Waals surface area (Å²) in [5.74, 6) is -0.0609. The van der Waals surface area contributed by atoms with Crippen molar-refractivity contribution in [1.82, 2.24) is 4.90 Å². The van der Waals surface area contributed by atoms with E-state index in [0.717, 1.165) is 22.6 Å². The Labute approximate surface area is 177 Å². The van der Waals surface area contributed by atoms with Crippen LogP contribution in [0, 0.1) is 0 Å². The lowest BCUT2D eigenvalue weighted by atomic mass is 9.93. The van der Waals surface area contributed by atoms with Crippen molar-refractivity contribution in [1.29, 1.82) is 0 Å². The van der Waals surface area contributed by atoms with Gasteiger partial charge in [-0.25, -0.2) is 0 Å². The smallest absolute Gasteiger partial charge is 0.238 e. The van der Waals surface area contributed by atoms with Crippen LogP contribution >= 0.6 is 23.1 Å². The zero-order valence-electron chi connectivity index (χ0n) is 15.7. The van der Waals surface area contributed by atoms with Crippen molar-refractivity contribution in [3.8, 4) is 0 Å². The van der Waals surface area contributed by atoms with Crippen LogP contribution in [0.25, 0.3) is 0 Å². The fraction of sp³-hybridized carbons (Fsp3) is 0.217. The van der Waals surface area contributed by atoms with E-state index in [4.69, 9.17) is 0 Å². The van der Waals surface area contributed by atoms with Gasteiger partial charge in [0.2, 0.25) is 11.8 Å². The molecule has 0 saturated heterocycles. The molecular weight excluding hydrogens is 400 g/mol. The lowest BCUT2D eigenvalue weighted by Gasteiger charge is -2.37. The normalized spacial score (nSPS) is 20.6. The van der Waals surface area contributed by atoms with E-state index in [2.05, 4.69) is 28.9 Å². The van der Waals surface area contributed by atoms with Gasteiger partial charge < -0.3 is 10.2 Å². The largest absolute Gasteiger partial charge is 0.331 e. The predicted octanol–water partition coefficient (Wildman–Crippen LogP) is 4.73. The van der Waals surface area contributed by atoms with Crippen molar-refractivity contribution < 1.29 is 9.59 Å². The van der Waals surface area contributed by atoms with Crippen LogP contribution in [0.1, 0.15) is 28.5 Å². The number of hydrogen-bond acceptors (Lipinski definition) is 4. The van der Waals surface area contributed by atoms with Crippen molar-refractivity contribution in [2.75, 3.05) is 11.9 Å². The number of carbonyl (C=O) groups excluding carboxylic acids is 2. The first-order valence-corrected chi connectivity index (χ1v) is 11.4. The first-order chi connectivity index (χ1) is 14.2. The number of thioether (sulfide) groups is 1. The average molecular weight is 421 g/mol. The number of benzene rings is 2. The Balaban J connectivity index is 1.41. The molecule has 0 bridgehead atoms. The second-order valence-electron chi connectivity index (χ2n) is 7.25. The monoisotopic (exact) mass is 420 g/mol. The van der Waals surface area contributed by atoms with E-state index in [1.165, 1.54) is 22.2 Å². The topological polar surface area (TPSA) is 49.4 Å². The highest BCUT2D eigenvalue weighted by Crippen LogP contribution is 2.40. The Bertz CT molecular complexity index is 1060. The van der Waals surface area contributed by atoms with Gasteiger partial charge in [-0.1, -0.05) is 42.5 Å². The Morgan fingerprint density at radius 2 is 1.86 bits per heavy atom. The van der Waals surface area contributed by atoms with E-state index in [-0.39, 0.29) is 24.3 Å². The van der Waals surface area contributed by atoms with Crippen LogP contribution in [0.15, 0.2) is 70.9 Å². The summed E-state index contributed by atoms with van der Waals surface area (Å²) in [5.41, 5.74) is 3.16. The first kappa shape index (κ1) is 18.5. The van der Waals surface area contributed by atoms with Gasteiger partial charge in [0, 0.05) is 22.7 Å². The van der Waals surface area contributed by atoms with Crippen molar-refractivity contribution in [2.24, 2.45) is 0 Å². The zero-order valence-corrected chi connectivity index (χ0v) is 17.3. The summed E-state index contributed by atoms with van der Waals surface area (Å²) >= 11 is 3.24. The third-order valence-corrected chi connectivity index (χ3v) is 7.74. The standard InChI is InChI=1S/C23H20N2O2S2/c26-21(14-20-23(27)24-17-8-4-5-9-19(17)29-20)25-12-10-18-16(11-13-28-18)22(25)15-6-2-1-3-7-15/h1-9,11,13,20,22H,10,12,14H2,(H,24,27)/t20-,22+/m0/s1. The molecule has 1 N–H and O–H groups in total. The Hall–Kier alpha value is -2.57. The highest BCUT2D eigenvalue weighted by molar-refractivity contribution is 8.01. The summed E-state index contributed by atoms with van der Waals surface area (Å²) in [6, 6.07) is 20.0. The van der Waals surface area contributed by atoms with Gasteiger partial charge in [0.25, 0.3) is 0 Å². The van der Waals surface area contributed by atoms with E-state index in [9.17, 15) is 9.59 Å². The molecular formula is C23H20N2O2S2. The molecule has 3 aromatic rings. The Kier molecular flexibility index (Phi) is 4.89. The number of fused-ring (bicyclic) bond motifs is 2. The SMILES string of the molecule is O=C1Nc2ccccc2S[C@H]1CC(=O)N1CCc2sccc2[C@H]1c1ccccc1. The van der Waals surface area contributed by atoms with Crippen molar-refractivity contribution in [3.05, 3.63) is 82.0 Å². The minimum atomic E-state index is -0.405. The van der Waals surface area contributed by atoms with E-state index in [1.54, 1.807) is 11.3 Å². The molecule has 0 saturated carbocycles. The quantitative estimate of drug-likeness (QED) is 0.667. The fourth-order valence-corrected chi connectivity index (χ4v) is 6.09. The van der Waals surface area contributed by atoms with Gasteiger partial charge in [-0.05, 0) is 41.1 Å². The minimum absolute atomic E-state index is 0.0303. The number of hydrogen-bond donors (Lipinski definition) is 1. The molecule has 0 unspecified atom stereocenters. The molecule has 2 aromatic carbocycles. The maximum absolute atomic E-state index is 13.4. The highest BCUT2D eigenvalue weighted by atomic mass is 32.2. The molecule has 2 aliphatic rings. The number of para-hydroxylation sites is 1. The van der Waals surface area contributed by atoms with Crippen LogP contribution < -0.4 is 5.32 Å². The molecule has 0 radical (unpaired) electrons. The maximum atomic E-state index is 13.4. The molecule has 2 aliphatic heterocycles. The van der Waals surface area contributed by atoms with E-state index < -0.39 is 5.25 Å². The number of rotatable bonds is 3. The zero-order chi connectivity index (χ0) is 19.8. The van der Waals surface area contributed by atoms with Crippen molar-refractivity contribution in [2.45, 2.75) is 29.0 Å². The summed E-state index contributed by atoms with van der Waals surface area (Å²) < 4.78 is 0. The van der Waals surface area contributed by atoms with Crippen LogP contribution in [0.2, 0.25) is 0 Å². The number of carbonyl (C=O) groups is 2. The second kappa shape index (κ2) is 7.69. The molecule has 146 valence electrons. The Morgan fingerprint density at radius 3 is 2.72 bits per heavy atom. The summed E-state index contributed by atoms with van der Waals surface area (Å²) in [4.78, 5) is 30.3. The maximum Gasteiger partial charge on any atom is 0.238 e. The van der Waals surface area contributed by atoms with Crippen LogP contribution in [0.3, 0.4) is 0 Å². The summed E-state index contributed by atoms with van der Waals surface area (Å²) in [5, 5.41) is 4.65. The number of amides is 2. The average Bonchev–Trinajstić information content (AvgIpc) is 3.23. The molecule has 6 heteroatoms. The second-order valence-corrected chi connectivity index (χ2v) is 9.49. The molecule has 0 aliphatic carbocycles. The molecule has 29 heavy (non-hydrogen) atoms. The highest BCUT2D eigenvalue weighted by Gasteiger charge is 2.36. The van der Waals surface area contributed by atoms with Crippen LogP contribution in [0.5, 0.6) is 0 Å². The van der Waals surface area contributed by atoms with Crippen LogP contribution in [0.4, 0.5) is 5.69 Å². The van der Waals surface area contributed by atoms with Gasteiger partial charge in [-0.3, -0.25) is 9.59 Å². The predicted molar refractivity (Wildman–Crippen MR) is 117 cm³/mol. The molecule has 1 aromatic heterocycles. The minimum Gasteiger partial charge on any atom is -0.331 e. The van der Waals surface area contributed by atoms with Gasteiger partial charge in [0.1, 0.15) is 0 Å². The number of anilines is 1. The fourth-order valence-electron chi connectivity index (χ4n) is 4.08. The first-order valence-electron chi connectivity index (χ1n) is 9.68. The van der Waals surface area contributed by atoms with Crippen molar-refractivity contribution in [3.63, 3.8) is 0 Å². The van der Waals surface area contributed by atoms with E-state index >= 15 is 0 Å². The van der Waals surface area contributed by atoms with E-state index in [0.29, 0.717) is 6.54 Å². The van der Waals surface area contributed by atoms with Gasteiger partial charge in [-0.2, -0.15) is 0 Å². The molecule has 0 fully saturated rings. The summed E-state index contributed by atoms with van der Waals surface area (Å²) in [6.07, 6.45) is 1.07. The number of thiophene rings is 1. The molecule has 5 rings (SSSR count). The summed E-state index contributed by atoms with van der Waals surface area (Å²) in [7, 11) is 0. The van der Waals surface area contributed by atoms with Gasteiger partial charge in [0.05, 0.1) is 17.0 Å². The van der Waals surface area contributed by atoms with Gasteiger partial charge in [0.15, 0.2) is 0 Å². The lowest BCUT2D eigenvalue weighted by Crippen LogP contribution is -2.42. The third-order valence-electron chi connectivity index (χ3n) is 5.47. The summed E-state index contributed by atoms with van der Waals surface area (Å²) in [6.45, 7) is 0.682. The third kappa shape index (κ3) is 3.47. The van der Waals surface area contributed by atoms with Crippen LogP contribution in [-0.2, 0) is 16.0 Å². The molecule has 3 heterocycles. The number of nitrogens with zero attached hydrogens (tertiary/aromatic N) is 1. The molecule has 2 atom stereocenters.